The van der Waals surface area contributed by atoms with E-state index in [9.17, 15) is 34.1 Å². The van der Waals surface area contributed by atoms with Gasteiger partial charge in [0.25, 0.3) is 17.7 Å². The number of nitrogens with one attached hydrogen (secondary N) is 1. The SMILES string of the molecule is BC1(B)c2c(N)cc(F)cc2C(=O)N1[C@]1(O)C(=O)NC(=O)C(B)(O)C1(B)O. The number of nitrogen functional groups attached to an aromatic ring is 1. The van der Waals surface area contributed by atoms with E-state index in [4.69, 9.17) is 5.73 Å². The lowest BCUT2D eigenvalue weighted by Gasteiger charge is -2.57. The van der Waals surface area contributed by atoms with Crippen molar-refractivity contribution >= 4 is 54.8 Å². The van der Waals surface area contributed by atoms with Crippen molar-refractivity contribution < 1.29 is 34.1 Å². The molecule has 27 heavy (non-hydrogen) atoms. The minimum absolute atomic E-state index is 0.0897. The van der Waals surface area contributed by atoms with Gasteiger partial charge in [0, 0.05) is 16.6 Å². The summed E-state index contributed by atoms with van der Waals surface area (Å²) in [6.45, 7) is 0. The highest BCUT2D eigenvalue weighted by Gasteiger charge is 2.73. The summed E-state index contributed by atoms with van der Waals surface area (Å²) in [5.74, 6) is -4.44. The molecule has 0 spiro atoms. The Morgan fingerprint density at radius 3 is 2.15 bits per heavy atom. The molecule has 6 N–H and O–H groups in total. The van der Waals surface area contributed by atoms with E-state index < -0.39 is 45.6 Å². The predicted molar refractivity (Wildman–Crippen MR) is 101 cm³/mol. The van der Waals surface area contributed by atoms with Crippen LogP contribution in [0.4, 0.5) is 10.1 Å². The number of benzene rings is 1. The van der Waals surface area contributed by atoms with Crippen LogP contribution in [0, 0.1) is 5.82 Å². The molecule has 1 fully saturated rings. The van der Waals surface area contributed by atoms with Crippen LogP contribution in [0.1, 0.15) is 15.9 Å². The Hall–Kier alpha value is -2.30. The van der Waals surface area contributed by atoms with Gasteiger partial charge in [-0.15, -0.1) is 0 Å². The third-order valence-electron chi connectivity index (χ3n) is 5.67. The Kier molecular flexibility index (Phi) is 3.71. The van der Waals surface area contributed by atoms with Gasteiger partial charge in [0.05, 0.1) is 0 Å². The van der Waals surface area contributed by atoms with E-state index in [-0.39, 0.29) is 16.8 Å². The molecule has 1 aromatic carbocycles. The number of nitrogens with zero attached hydrogens (tertiary/aromatic N) is 1. The molecule has 3 rings (SSSR count). The van der Waals surface area contributed by atoms with Gasteiger partial charge in [-0.1, -0.05) is 0 Å². The summed E-state index contributed by atoms with van der Waals surface area (Å²) in [5, 5.41) is 32.9. The van der Waals surface area contributed by atoms with Gasteiger partial charge in [-0.25, -0.2) is 4.39 Å². The quantitative estimate of drug-likeness (QED) is 0.186. The van der Waals surface area contributed by atoms with Gasteiger partial charge in [0.2, 0.25) is 5.72 Å². The van der Waals surface area contributed by atoms with Crippen LogP contribution in [-0.2, 0) is 14.9 Å². The molecule has 1 saturated heterocycles. The summed E-state index contributed by atoms with van der Waals surface area (Å²) >= 11 is 0. The number of amides is 3. The van der Waals surface area contributed by atoms with Crippen LogP contribution in [-0.4, -0.2) is 86.1 Å². The second kappa shape index (κ2) is 5.15. The molecular formula is C13H16B4FN3O6. The van der Waals surface area contributed by atoms with Gasteiger partial charge in [0.1, 0.15) is 32.5 Å². The molecule has 138 valence electrons. The Morgan fingerprint density at radius 1 is 1.04 bits per heavy atom. The summed E-state index contributed by atoms with van der Waals surface area (Å²) in [6, 6.07) is 1.89. The van der Waals surface area contributed by atoms with Crippen molar-refractivity contribution in [2.45, 2.75) is 22.1 Å². The number of piperidine rings is 1. The Morgan fingerprint density at radius 2 is 1.59 bits per heavy atom. The minimum atomic E-state index is -3.06. The zero-order valence-corrected chi connectivity index (χ0v) is 15.1. The van der Waals surface area contributed by atoms with E-state index in [0.29, 0.717) is 4.90 Å². The van der Waals surface area contributed by atoms with Gasteiger partial charge in [-0.2, -0.15) is 0 Å². The fraction of sp³-hybridized carbons (Fsp3) is 0.308. The Labute approximate surface area is 156 Å². The fourth-order valence-electron chi connectivity index (χ4n) is 3.93. The van der Waals surface area contributed by atoms with Crippen molar-refractivity contribution in [2.75, 3.05) is 5.73 Å². The van der Waals surface area contributed by atoms with E-state index in [1.54, 1.807) is 5.32 Å². The van der Waals surface area contributed by atoms with E-state index in [2.05, 4.69) is 0 Å². The van der Waals surface area contributed by atoms with Gasteiger partial charge >= 0.3 is 0 Å². The average Bonchev–Trinajstić information content (AvgIpc) is 2.71. The van der Waals surface area contributed by atoms with Crippen molar-refractivity contribution in [3.05, 3.63) is 29.1 Å². The van der Waals surface area contributed by atoms with E-state index in [1.807, 2.05) is 0 Å². The van der Waals surface area contributed by atoms with Crippen LogP contribution in [0.2, 0.25) is 0 Å². The van der Waals surface area contributed by atoms with E-state index >= 15 is 0 Å². The average molecular weight is 373 g/mol. The van der Waals surface area contributed by atoms with E-state index in [0.717, 1.165) is 27.8 Å². The zero-order chi connectivity index (χ0) is 20.7. The third kappa shape index (κ3) is 2.05. The van der Waals surface area contributed by atoms with Crippen LogP contribution in [0.3, 0.4) is 0 Å². The highest BCUT2D eigenvalue weighted by atomic mass is 19.1. The van der Waals surface area contributed by atoms with Crippen molar-refractivity contribution in [1.82, 2.24) is 10.2 Å². The number of aliphatic hydroxyl groups is 3. The number of nitrogens with two attached hydrogens (primary N) is 1. The fourth-order valence-corrected chi connectivity index (χ4v) is 3.93. The van der Waals surface area contributed by atoms with Gasteiger partial charge in [-0.3, -0.25) is 19.7 Å². The molecule has 9 nitrogen and oxygen atoms in total. The largest absolute Gasteiger partial charge is 0.398 e. The van der Waals surface area contributed by atoms with Crippen LogP contribution in [0.25, 0.3) is 0 Å². The number of carbonyl (C=O) groups excluding carboxylic acids is 3. The number of carbonyl (C=O) groups is 3. The highest BCUT2D eigenvalue weighted by Crippen LogP contribution is 2.47. The maximum absolute atomic E-state index is 13.8. The van der Waals surface area contributed by atoms with Gasteiger partial charge in [0.15, 0.2) is 15.7 Å². The maximum Gasteiger partial charge on any atom is 0.282 e. The maximum atomic E-state index is 13.8. The second-order valence-electron chi connectivity index (χ2n) is 7.72. The molecule has 0 saturated carbocycles. The molecule has 2 aliphatic heterocycles. The number of fused-ring (bicyclic) bond motifs is 1. The van der Waals surface area contributed by atoms with Crippen LogP contribution in [0.15, 0.2) is 12.1 Å². The molecule has 2 aliphatic rings. The summed E-state index contributed by atoms with van der Waals surface area (Å²) in [6.07, 6.45) is 0. The van der Waals surface area contributed by atoms with E-state index in [1.165, 1.54) is 15.7 Å². The topological polar surface area (TPSA) is 153 Å². The lowest BCUT2D eigenvalue weighted by Crippen LogP contribution is -2.87. The van der Waals surface area contributed by atoms with Crippen LogP contribution in [0.5, 0.6) is 0 Å². The number of anilines is 1. The predicted octanol–water partition coefficient (Wildman–Crippen LogP) is -6.77. The standard InChI is InChI=1S/C13H16B4FN3O6/c14-10(25)8(23)20-9(24)11(26,13(10,17)27)21-7(22)4-1-3(18)2-5(19)6(4)12(21,15)16/h1-2,25-27H,14-17,19H2,(H,20,23,24)/t10?,11-,13?/m0/s1. The van der Waals surface area contributed by atoms with Crippen LogP contribution >= 0.6 is 0 Å². The number of rotatable bonds is 1. The molecule has 3 atom stereocenters. The number of imide groups is 1. The molecule has 2 unspecified atom stereocenters. The smallest absolute Gasteiger partial charge is 0.282 e. The first-order chi connectivity index (χ1) is 12.1. The molecule has 0 aliphatic carbocycles. The number of halogens is 1. The summed E-state index contributed by atoms with van der Waals surface area (Å²) < 4.78 is 13.8. The van der Waals surface area contributed by atoms with Gasteiger partial charge < -0.3 is 26.0 Å². The third-order valence-corrected chi connectivity index (χ3v) is 5.67. The lowest BCUT2D eigenvalue weighted by atomic mass is 9.49. The first-order valence-electron chi connectivity index (χ1n) is 8.09. The number of hydrogen-bond acceptors (Lipinski definition) is 7. The Balaban J connectivity index is 2.30. The normalized spacial score (nSPS) is 35.1. The number of hydrogen-bond donors (Lipinski definition) is 5. The van der Waals surface area contributed by atoms with Gasteiger partial charge in [-0.05, 0) is 17.7 Å². The summed E-state index contributed by atoms with van der Waals surface area (Å²) in [4.78, 5) is 38.2. The lowest BCUT2D eigenvalue weighted by molar-refractivity contribution is -0.235. The molecular weight excluding hydrogens is 356 g/mol. The van der Waals surface area contributed by atoms with Crippen molar-refractivity contribution in [2.24, 2.45) is 0 Å². The van der Waals surface area contributed by atoms with Crippen LogP contribution < -0.4 is 11.1 Å². The molecule has 2 heterocycles. The monoisotopic (exact) mass is 373 g/mol. The molecule has 1 aromatic rings. The van der Waals surface area contributed by atoms with Crippen molar-refractivity contribution in [3.63, 3.8) is 0 Å². The first-order valence-corrected chi connectivity index (χ1v) is 8.09. The zero-order valence-electron chi connectivity index (χ0n) is 15.1. The molecule has 14 heteroatoms. The summed E-state index contributed by atoms with van der Waals surface area (Å²) in [5.41, 5.74) is -2.79. The molecule has 0 radical (unpaired) electrons. The molecule has 3 amide bonds. The Bertz CT molecular complexity index is 924. The molecule has 0 bridgehead atoms. The first kappa shape index (κ1) is 19.5. The summed E-state index contributed by atoms with van der Waals surface area (Å²) in [7, 11) is 4.61. The highest BCUT2D eigenvalue weighted by molar-refractivity contribution is 6.44. The van der Waals surface area contributed by atoms with Crippen molar-refractivity contribution in [3.8, 4) is 0 Å². The molecule has 0 aromatic heterocycles. The minimum Gasteiger partial charge on any atom is -0.398 e. The second-order valence-corrected chi connectivity index (χ2v) is 7.72. The van der Waals surface area contributed by atoms with Crippen molar-refractivity contribution in [1.29, 1.82) is 0 Å².